The molecule has 0 aromatic carbocycles. The summed E-state index contributed by atoms with van der Waals surface area (Å²) < 4.78 is 0. The van der Waals surface area contributed by atoms with Gasteiger partial charge in [-0.1, -0.05) is 61.3 Å². The van der Waals surface area contributed by atoms with Gasteiger partial charge in [-0.05, 0) is 31.9 Å². The van der Waals surface area contributed by atoms with Gasteiger partial charge in [-0.25, -0.2) is 0 Å². The van der Waals surface area contributed by atoms with Gasteiger partial charge in [0, 0.05) is 12.6 Å². The molecule has 1 rings (SSSR count). The lowest BCUT2D eigenvalue weighted by atomic mass is 10.0. The molecule has 1 aliphatic rings. The first-order chi connectivity index (χ1) is 9.44. The average molecular weight is 270 g/mol. The lowest BCUT2D eigenvalue weighted by molar-refractivity contribution is 0.651. The van der Waals surface area contributed by atoms with E-state index < -0.39 is 0 Å². The fraction of sp³-hybridized carbons (Fsp3) is 0.333. The molecule has 3 N–H and O–H groups in total. The summed E-state index contributed by atoms with van der Waals surface area (Å²) in [6.07, 6.45) is 18.2. The van der Waals surface area contributed by atoms with Gasteiger partial charge in [-0.15, -0.1) is 0 Å². The van der Waals surface area contributed by atoms with Crippen LogP contribution in [0.4, 0.5) is 0 Å². The molecule has 0 saturated carbocycles. The Hall–Kier alpha value is -1.64. The van der Waals surface area contributed by atoms with E-state index >= 15 is 0 Å². The minimum absolute atomic E-state index is 0.228. The van der Waals surface area contributed by atoms with E-state index in [1.165, 1.54) is 5.57 Å². The van der Waals surface area contributed by atoms with Crippen LogP contribution in [0.2, 0.25) is 0 Å². The predicted octanol–water partition coefficient (Wildman–Crippen LogP) is 3.42. The minimum Gasteiger partial charge on any atom is -0.319 e. The highest BCUT2D eigenvalue weighted by Crippen LogP contribution is 2.13. The van der Waals surface area contributed by atoms with Crippen molar-refractivity contribution in [3.63, 3.8) is 0 Å². The molecule has 0 saturated heterocycles. The predicted molar refractivity (Wildman–Crippen MR) is 89.5 cm³/mol. The average Bonchev–Trinajstić information content (AvgIpc) is 2.56. The van der Waals surface area contributed by atoms with E-state index in [0.29, 0.717) is 0 Å². The Morgan fingerprint density at radius 1 is 1.45 bits per heavy atom. The zero-order chi connectivity index (χ0) is 15.0. The Balaban J connectivity index is 2.54. The van der Waals surface area contributed by atoms with Crippen LogP contribution in [0.1, 0.15) is 20.8 Å². The molecule has 0 heterocycles. The summed E-state index contributed by atoms with van der Waals surface area (Å²) in [6, 6.07) is 0.228. The second kappa shape index (κ2) is 7.83. The van der Waals surface area contributed by atoms with Crippen LogP contribution >= 0.6 is 0 Å². The second-order valence-electron chi connectivity index (χ2n) is 5.37. The molecule has 0 fully saturated rings. The summed E-state index contributed by atoms with van der Waals surface area (Å²) in [5.41, 5.74) is 8.02. The topological polar surface area (TPSA) is 38.0 Å². The van der Waals surface area contributed by atoms with E-state index in [4.69, 9.17) is 5.73 Å². The quantitative estimate of drug-likeness (QED) is 0.726. The smallest absolute Gasteiger partial charge is 0.0505 e. The first-order valence-corrected chi connectivity index (χ1v) is 7.02. The van der Waals surface area contributed by atoms with E-state index in [1.54, 1.807) is 0 Å². The molecule has 2 nitrogen and oxygen atoms in total. The Bertz CT molecular complexity index is 474. The lowest BCUT2D eigenvalue weighted by Crippen LogP contribution is -2.33. The SMILES string of the molecule is C=C(/C=C\C=C/C)[C@@H](C)NCC1=C[C@](C)(N)C=CC=C1. The van der Waals surface area contributed by atoms with Crippen molar-refractivity contribution in [2.24, 2.45) is 5.73 Å². The van der Waals surface area contributed by atoms with Gasteiger partial charge >= 0.3 is 0 Å². The van der Waals surface area contributed by atoms with Gasteiger partial charge in [0.05, 0.1) is 5.54 Å². The third kappa shape index (κ3) is 6.00. The van der Waals surface area contributed by atoms with Crippen LogP contribution in [-0.2, 0) is 0 Å². The van der Waals surface area contributed by atoms with Crippen LogP contribution in [-0.4, -0.2) is 18.1 Å². The molecule has 20 heavy (non-hydrogen) atoms. The molecule has 2 heteroatoms. The van der Waals surface area contributed by atoms with Crippen molar-refractivity contribution in [2.75, 3.05) is 6.54 Å². The van der Waals surface area contributed by atoms with E-state index in [-0.39, 0.29) is 11.6 Å². The molecule has 0 aromatic heterocycles. The third-order valence-corrected chi connectivity index (χ3v) is 3.16. The molecule has 2 atom stereocenters. The van der Waals surface area contributed by atoms with Crippen molar-refractivity contribution >= 4 is 0 Å². The van der Waals surface area contributed by atoms with Gasteiger partial charge in [0.15, 0.2) is 0 Å². The molecular weight excluding hydrogens is 244 g/mol. The largest absolute Gasteiger partial charge is 0.319 e. The van der Waals surface area contributed by atoms with Crippen LogP contribution in [0.5, 0.6) is 0 Å². The van der Waals surface area contributed by atoms with Crippen LogP contribution in [0.3, 0.4) is 0 Å². The maximum absolute atomic E-state index is 6.15. The fourth-order valence-corrected chi connectivity index (χ4v) is 1.88. The van der Waals surface area contributed by atoms with Gasteiger partial charge in [-0.3, -0.25) is 0 Å². The monoisotopic (exact) mass is 270 g/mol. The molecule has 0 spiro atoms. The normalized spacial score (nSPS) is 24.1. The highest BCUT2D eigenvalue weighted by molar-refractivity contribution is 5.35. The van der Waals surface area contributed by atoms with Crippen molar-refractivity contribution in [3.05, 3.63) is 72.4 Å². The standard InChI is InChI=1S/C18H26N2/c1-5-6-7-10-15(2)16(3)20-14-17-11-8-9-12-18(4,19)13-17/h5-13,16,20H,2,14,19H2,1,3-4H3/b6-5-,10-7-/t16-,18-/m1/s1. The third-order valence-electron chi connectivity index (χ3n) is 3.16. The van der Waals surface area contributed by atoms with Gasteiger partial charge in [-0.2, -0.15) is 0 Å². The summed E-state index contributed by atoms with van der Waals surface area (Å²) in [6.45, 7) is 11.0. The molecule has 108 valence electrons. The first-order valence-electron chi connectivity index (χ1n) is 7.02. The maximum atomic E-state index is 6.15. The number of allylic oxidation sites excluding steroid dienone is 5. The first kappa shape index (κ1) is 16.4. The Morgan fingerprint density at radius 2 is 2.20 bits per heavy atom. The number of nitrogens with two attached hydrogens (primary N) is 1. The van der Waals surface area contributed by atoms with E-state index in [9.17, 15) is 0 Å². The second-order valence-corrected chi connectivity index (χ2v) is 5.37. The van der Waals surface area contributed by atoms with E-state index in [0.717, 1.165) is 12.1 Å². The van der Waals surface area contributed by atoms with Crippen molar-refractivity contribution in [3.8, 4) is 0 Å². The molecule has 0 amide bonds. The van der Waals surface area contributed by atoms with Crippen molar-refractivity contribution in [1.29, 1.82) is 0 Å². The van der Waals surface area contributed by atoms with Crippen LogP contribution < -0.4 is 11.1 Å². The van der Waals surface area contributed by atoms with Gasteiger partial charge in [0.25, 0.3) is 0 Å². The molecule has 0 bridgehead atoms. The van der Waals surface area contributed by atoms with Crippen molar-refractivity contribution in [2.45, 2.75) is 32.4 Å². The summed E-state index contributed by atoms with van der Waals surface area (Å²) in [5, 5.41) is 3.47. The molecule has 0 aromatic rings. The number of nitrogens with one attached hydrogen (secondary N) is 1. The zero-order valence-electron chi connectivity index (χ0n) is 12.8. The molecule has 1 aliphatic carbocycles. The highest BCUT2D eigenvalue weighted by Gasteiger charge is 2.13. The van der Waals surface area contributed by atoms with Crippen molar-refractivity contribution in [1.82, 2.24) is 5.32 Å². The maximum Gasteiger partial charge on any atom is 0.0505 e. The zero-order valence-corrected chi connectivity index (χ0v) is 12.8. The molecule has 0 radical (unpaired) electrons. The Kier molecular flexibility index (Phi) is 6.43. The summed E-state index contributed by atoms with van der Waals surface area (Å²) >= 11 is 0. The molecule has 0 aliphatic heterocycles. The minimum atomic E-state index is -0.382. The number of hydrogen-bond donors (Lipinski definition) is 2. The van der Waals surface area contributed by atoms with Gasteiger partial charge < -0.3 is 11.1 Å². The van der Waals surface area contributed by atoms with Crippen LogP contribution in [0.15, 0.2) is 72.4 Å². The summed E-state index contributed by atoms with van der Waals surface area (Å²) in [4.78, 5) is 0. The van der Waals surface area contributed by atoms with Crippen LogP contribution in [0, 0.1) is 0 Å². The summed E-state index contributed by atoms with van der Waals surface area (Å²) in [7, 11) is 0. The Labute approximate surface area is 123 Å². The van der Waals surface area contributed by atoms with E-state index in [2.05, 4.69) is 31.0 Å². The number of rotatable bonds is 6. The van der Waals surface area contributed by atoms with E-state index in [1.807, 2.05) is 56.4 Å². The molecular formula is C18H26N2. The van der Waals surface area contributed by atoms with Gasteiger partial charge in [0.1, 0.15) is 0 Å². The Morgan fingerprint density at radius 3 is 2.90 bits per heavy atom. The fourth-order valence-electron chi connectivity index (χ4n) is 1.88. The van der Waals surface area contributed by atoms with Crippen molar-refractivity contribution < 1.29 is 0 Å². The number of hydrogen-bond acceptors (Lipinski definition) is 2. The van der Waals surface area contributed by atoms with Crippen LogP contribution in [0.25, 0.3) is 0 Å². The van der Waals surface area contributed by atoms with Gasteiger partial charge in [0.2, 0.25) is 0 Å². The molecule has 0 unspecified atom stereocenters. The summed E-state index contributed by atoms with van der Waals surface area (Å²) in [5.74, 6) is 0. The lowest BCUT2D eigenvalue weighted by Gasteiger charge is -2.18. The highest BCUT2D eigenvalue weighted by atomic mass is 14.9.